The van der Waals surface area contributed by atoms with Crippen molar-refractivity contribution in [2.75, 3.05) is 31.1 Å². The smallest absolute Gasteiger partial charge is 0.254 e. The monoisotopic (exact) mass is 414 g/mol. The maximum absolute atomic E-state index is 14.6. The van der Waals surface area contributed by atoms with Gasteiger partial charge in [0.05, 0.1) is 30.3 Å². The Morgan fingerprint density at radius 1 is 1.20 bits per heavy atom. The van der Waals surface area contributed by atoms with Crippen molar-refractivity contribution in [1.82, 2.24) is 25.0 Å². The summed E-state index contributed by atoms with van der Waals surface area (Å²) in [5.74, 6) is -0.573. The van der Waals surface area contributed by atoms with Crippen LogP contribution in [0, 0.1) is 5.92 Å². The maximum atomic E-state index is 14.6. The number of hydrogen-bond donors (Lipinski definition) is 1. The minimum Gasteiger partial charge on any atom is -0.371 e. The highest BCUT2D eigenvalue weighted by Crippen LogP contribution is 2.26. The van der Waals surface area contributed by atoms with E-state index in [4.69, 9.17) is 0 Å². The number of carbonyl (C=O) groups is 2. The lowest BCUT2D eigenvalue weighted by Crippen LogP contribution is -2.42. The molecule has 0 spiro atoms. The van der Waals surface area contributed by atoms with Gasteiger partial charge in [0.1, 0.15) is 6.17 Å². The third-order valence-corrected chi connectivity index (χ3v) is 5.83. The van der Waals surface area contributed by atoms with E-state index in [0.717, 1.165) is 18.7 Å². The molecule has 2 aliphatic rings. The van der Waals surface area contributed by atoms with Gasteiger partial charge in [0.25, 0.3) is 5.91 Å². The Kier molecular flexibility index (Phi) is 5.69. The molecule has 1 N–H and O–H groups in total. The molecule has 4 heterocycles. The lowest BCUT2D eigenvalue weighted by atomic mass is 10.1. The first-order valence-electron chi connectivity index (χ1n) is 10.3. The van der Waals surface area contributed by atoms with E-state index in [1.54, 1.807) is 28.2 Å². The molecule has 3 atom stereocenters. The molecule has 2 aromatic heterocycles. The van der Waals surface area contributed by atoms with Crippen molar-refractivity contribution in [3.63, 3.8) is 0 Å². The van der Waals surface area contributed by atoms with Crippen molar-refractivity contribution < 1.29 is 14.0 Å². The average Bonchev–Trinajstić information content (AvgIpc) is 3.48. The molecule has 160 valence electrons. The van der Waals surface area contributed by atoms with Crippen molar-refractivity contribution in [3.05, 3.63) is 42.5 Å². The number of amides is 2. The van der Waals surface area contributed by atoms with Crippen LogP contribution < -0.4 is 10.2 Å². The third kappa shape index (κ3) is 4.15. The van der Waals surface area contributed by atoms with Gasteiger partial charge in [-0.05, 0) is 32.4 Å². The number of likely N-dealkylation sites (tertiary alicyclic amines) is 1. The molecule has 0 bridgehead atoms. The van der Waals surface area contributed by atoms with Crippen LogP contribution >= 0.6 is 0 Å². The van der Waals surface area contributed by atoms with Crippen molar-refractivity contribution in [2.45, 2.75) is 38.5 Å². The van der Waals surface area contributed by atoms with Crippen LogP contribution in [0.25, 0.3) is 0 Å². The molecular weight excluding hydrogens is 387 g/mol. The van der Waals surface area contributed by atoms with Gasteiger partial charge in [0.2, 0.25) is 5.91 Å². The molecule has 0 saturated carbocycles. The molecule has 0 radical (unpaired) electrons. The van der Waals surface area contributed by atoms with Crippen LogP contribution in [0.15, 0.2) is 36.9 Å². The highest BCUT2D eigenvalue weighted by Gasteiger charge is 2.40. The summed E-state index contributed by atoms with van der Waals surface area (Å²) >= 11 is 0. The maximum Gasteiger partial charge on any atom is 0.254 e. The largest absolute Gasteiger partial charge is 0.371 e. The van der Waals surface area contributed by atoms with Crippen molar-refractivity contribution in [2.24, 2.45) is 5.92 Å². The van der Waals surface area contributed by atoms with Gasteiger partial charge in [0.15, 0.2) is 0 Å². The number of nitrogens with zero attached hydrogens (tertiary/aromatic N) is 5. The summed E-state index contributed by atoms with van der Waals surface area (Å²) in [6.45, 7) is 5.53. The van der Waals surface area contributed by atoms with Gasteiger partial charge >= 0.3 is 0 Å². The molecule has 8 nitrogen and oxygen atoms in total. The summed E-state index contributed by atoms with van der Waals surface area (Å²) in [5.41, 5.74) is 1.43. The highest BCUT2D eigenvalue weighted by molar-refractivity contribution is 5.94. The number of anilines is 1. The zero-order valence-electron chi connectivity index (χ0n) is 17.2. The Bertz CT molecular complexity index is 902. The van der Waals surface area contributed by atoms with Crippen LogP contribution in [0.1, 0.15) is 36.7 Å². The summed E-state index contributed by atoms with van der Waals surface area (Å²) < 4.78 is 16.3. The average molecular weight is 414 g/mol. The van der Waals surface area contributed by atoms with Crippen LogP contribution in [0.5, 0.6) is 0 Å². The van der Waals surface area contributed by atoms with Gasteiger partial charge in [-0.2, -0.15) is 5.10 Å². The van der Waals surface area contributed by atoms with Gasteiger partial charge in [-0.1, -0.05) is 0 Å². The zero-order chi connectivity index (χ0) is 21.3. The number of nitrogens with one attached hydrogen (secondary N) is 1. The number of halogens is 1. The number of alkyl halides is 1. The first kappa shape index (κ1) is 20.3. The summed E-state index contributed by atoms with van der Waals surface area (Å²) in [7, 11) is 0. The number of aromatic nitrogens is 3. The normalized spacial score (nSPS) is 23.9. The minimum absolute atomic E-state index is 0.0147. The summed E-state index contributed by atoms with van der Waals surface area (Å²) in [6.07, 6.45) is 6.05. The second-order valence-electron chi connectivity index (χ2n) is 8.28. The molecule has 9 heteroatoms. The molecule has 2 fully saturated rings. The fraction of sp³-hybridized carbons (Fsp3) is 0.524. The first-order valence-corrected chi connectivity index (χ1v) is 10.3. The third-order valence-electron chi connectivity index (χ3n) is 5.83. The number of carbonyl (C=O) groups excluding carboxylic acids is 2. The molecule has 0 aromatic carbocycles. The van der Waals surface area contributed by atoms with E-state index in [9.17, 15) is 14.0 Å². The molecule has 30 heavy (non-hydrogen) atoms. The predicted octanol–water partition coefficient (Wildman–Crippen LogP) is 1.66. The van der Waals surface area contributed by atoms with E-state index in [2.05, 4.69) is 20.3 Å². The van der Waals surface area contributed by atoms with E-state index >= 15 is 0 Å². The van der Waals surface area contributed by atoms with Crippen molar-refractivity contribution >= 4 is 17.5 Å². The van der Waals surface area contributed by atoms with Crippen molar-refractivity contribution in [1.29, 1.82) is 0 Å². The quantitative estimate of drug-likeness (QED) is 0.805. The molecule has 2 saturated heterocycles. The predicted molar refractivity (Wildman–Crippen MR) is 110 cm³/mol. The van der Waals surface area contributed by atoms with E-state index in [-0.39, 0.29) is 36.9 Å². The minimum atomic E-state index is -1.28. The van der Waals surface area contributed by atoms with E-state index in [0.29, 0.717) is 12.1 Å². The number of hydrogen-bond acceptors (Lipinski definition) is 5. The Morgan fingerprint density at radius 3 is 2.67 bits per heavy atom. The SMILES string of the molecule is CC(C)n1cc(C(=O)N[C@@H]2CN(C(=O)C3CCN(c4ccncc4)C3)C[C@@H]2F)cn1. The molecule has 2 aromatic rings. The lowest BCUT2D eigenvalue weighted by Gasteiger charge is -2.22. The molecule has 0 aliphatic carbocycles. The second-order valence-corrected chi connectivity index (χ2v) is 8.28. The summed E-state index contributed by atoms with van der Waals surface area (Å²) in [6, 6.07) is 3.28. The molecule has 1 unspecified atom stereocenters. The fourth-order valence-electron chi connectivity index (χ4n) is 4.08. The van der Waals surface area contributed by atoms with Crippen LogP contribution in [0.2, 0.25) is 0 Å². The second kappa shape index (κ2) is 8.41. The molecular formula is C21H27FN6O2. The fourth-order valence-corrected chi connectivity index (χ4v) is 4.08. The standard InChI is InChI=1S/C21H27FN6O2/c1-14(2)28-11-16(9-24-28)20(29)25-19-13-27(12-18(19)22)21(30)15-5-8-26(10-15)17-3-6-23-7-4-17/h3-4,6-7,9,11,14-15,18-19H,5,8,10,12-13H2,1-2H3,(H,25,29)/t15?,18-,19+/m0/s1. The summed E-state index contributed by atoms with van der Waals surface area (Å²) in [4.78, 5) is 33.1. The Morgan fingerprint density at radius 2 is 1.97 bits per heavy atom. The molecule has 4 rings (SSSR count). The highest BCUT2D eigenvalue weighted by atomic mass is 19.1. The van der Waals surface area contributed by atoms with Gasteiger partial charge in [-0.15, -0.1) is 0 Å². The Labute approximate surface area is 175 Å². The van der Waals surface area contributed by atoms with E-state index in [1.165, 1.54) is 6.20 Å². The van der Waals surface area contributed by atoms with Crippen LogP contribution in [0.3, 0.4) is 0 Å². The number of rotatable bonds is 5. The first-order chi connectivity index (χ1) is 14.4. The van der Waals surface area contributed by atoms with Gasteiger partial charge < -0.3 is 15.1 Å². The van der Waals surface area contributed by atoms with E-state index < -0.39 is 12.2 Å². The number of pyridine rings is 1. The zero-order valence-corrected chi connectivity index (χ0v) is 17.2. The van der Waals surface area contributed by atoms with Crippen LogP contribution in [-0.2, 0) is 4.79 Å². The van der Waals surface area contributed by atoms with Crippen LogP contribution in [-0.4, -0.2) is 69.9 Å². The van der Waals surface area contributed by atoms with E-state index in [1.807, 2.05) is 26.0 Å². The summed E-state index contributed by atoms with van der Waals surface area (Å²) in [5, 5.41) is 6.88. The van der Waals surface area contributed by atoms with Crippen LogP contribution in [0.4, 0.5) is 10.1 Å². The van der Waals surface area contributed by atoms with Gasteiger partial charge in [-0.25, -0.2) is 4.39 Å². The Hall–Kier alpha value is -2.97. The topological polar surface area (TPSA) is 83.4 Å². The molecule has 2 amide bonds. The van der Waals surface area contributed by atoms with Crippen molar-refractivity contribution in [3.8, 4) is 0 Å². The lowest BCUT2D eigenvalue weighted by molar-refractivity contribution is -0.134. The van der Waals surface area contributed by atoms with Gasteiger partial charge in [0, 0.05) is 50.0 Å². The Balaban J connectivity index is 1.33. The molecule has 2 aliphatic heterocycles. The van der Waals surface area contributed by atoms with Gasteiger partial charge in [-0.3, -0.25) is 19.3 Å².